The first kappa shape index (κ1) is 22.5. The molecule has 1 N–H and O–H groups in total. The van der Waals surface area contributed by atoms with Gasteiger partial charge in [0.1, 0.15) is 0 Å². The first-order valence-corrected chi connectivity index (χ1v) is 11.2. The fourth-order valence-electron chi connectivity index (χ4n) is 3.39. The van der Waals surface area contributed by atoms with E-state index >= 15 is 0 Å². The summed E-state index contributed by atoms with van der Waals surface area (Å²) in [4.78, 5) is 26.1. The first-order valence-electron chi connectivity index (χ1n) is 10.2. The van der Waals surface area contributed by atoms with Gasteiger partial charge in [-0.1, -0.05) is 79.1 Å². The van der Waals surface area contributed by atoms with Crippen LogP contribution in [0.2, 0.25) is 0 Å². The zero-order valence-corrected chi connectivity index (χ0v) is 18.7. The van der Waals surface area contributed by atoms with Gasteiger partial charge in [-0.25, -0.2) is 4.79 Å². The number of dihydropyridines is 1. The van der Waals surface area contributed by atoms with E-state index in [0.29, 0.717) is 28.3 Å². The van der Waals surface area contributed by atoms with Crippen LogP contribution in [0.15, 0.2) is 77.5 Å². The summed E-state index contributed by atoms with van der Waals surface area (Å²) in [5.74, 6) is 5.82. The smallest absolute Gasteiger partial charge is 0.337 e. The van der Waals surface area contributed by atoms with Crippen molar-refractivity contribution in [2.45, 2.75) is 20.8 Å². The standard InChI is InChI=1S/C26H25NO3S/c1-4-30-25(28)23-21(17-16-19-12-8-6-9-13-19)22(26(29)31-5-2)18(3)27-24(23)20-14-10-7-11-15-20/h6-15,21,27H,4-5H2,1-3H3. The van der Waals surface area contributed by atoms with Gasteiger partial charge in [-0.15, -0.1) is 0 Å². The first-order chi connectivity index (χ1) is 15.1. The molecule has 158 valence electrons. The van der Waals surface area contributed by atoms with Crippen LogP contribution in [0.1, 0.15) is 31.9 Å². The van der Waals surface area contributed by atoms with Gasteiger partial charge in [0, 0.05) is 16.8 Å². The molecule has 5 heteroatoms. The van der Waals surface area contributed by atoms with Crippen LogP contribution in [0.25, 0.3) is 5.70 Å². The predicted octanol–water partition coefficient (Wildman–Crippen LogP) is 4.79. The Kier molecular flexibility index (Phi) is 7.75. The Morgan fingerprint density at radius 3 is 2.26 bits per heavy atom. The Labute approximate surface area is 187 Å². The van der Waals surface area contributed by atoms with Crippen LogP contribution in [-0.4, -0.2) is 23.4 Å². The molecule has 1 aliphatic rings. The average molecular weight is 432 g/mol. The lowest BCUT2D eigenvalue weighted by Crippen LogP contribution is -2.32. The zero-order chi connectivity index (χ0) is 22.2. The number of nitrogens with one attached hydrogen (secondary N) is 1. The topological polar surface area (TPSA) is 55.4 Å². The summed E-state index contributed by atoms with van der Waals surface area (Å²) >= 11 is 1.21. The van der Waals surface area contributed by atoms with E-state index < -0.39 is 11.9 Å². The van der Waals surface area contributed by atoms with E-state index in [2.05, 4.69) is 17.2 Å². The molecular weight excluding hydrogens is 406 g/mol. The fourth-order valence-corrected chi connectivity index (χ4v) is 4.08. The number of esters is 1. The van der Waals surface area contributed by atoms with Gasteiger partial charge in [-0.3, -0.25) is 4.79 Å². The molecular formula is C26H25NO3S. The summed E-state index contributed by atoms with van der Waals surface area (Å²) in [6, 6.07) is 19.1. The summed E-state index contributed by atoms with van der Waals surface area (Å²) < 4.78 is 5.39. The molecule has 4 nitrogen and oxygen atoms in total. The van der Waals surface area contributed by atoms with Crippen LogP contribution in [0, 0.1) is 17.8 Å². The quantitative estimate of drug-likeness (QED) is 0.545. The van der Waals surface area contributed by atoms with Gasteiger partial charge in [-0.2, -0.15) is 0 Å². The third kappa shape index (κ3) is 5.28. The normalized spacial score (nSPS) is 15.6. The number of rotatable bonds is 5. The molecule has 0 saturated heterocycles. The number of hydrogen-bond acceptors (Lipinski definition) is 5. The minimum Gasteiger partial charge on any atom is -0.463 e. The molecule has 31 heavy (non-hydrogen) atoms. The molecule has 0 amide bonds. The van der Waals surface area contributed by atoms with Crippen LogP contribution in [0.3, 0.4) is 0 Å². The molecule has 1 aliphatic heterocycles. The van der Waals surface area contributed by atoms with Crippen molar-refractivity contribution in [3.8, 4) is 11.8 Å². The van der Waals surface area contributed by atoms with E-state index in [4.69, 9.17) is 4.74 Å². The molecule has 0 fully saturated rings. The molecule has 0 bridgehead atoms. The monoisotopic (exact) mass is 431 g/mol. The SMILES string of the molecule is CCOC(=O)C1=C(c2ccccc2)NC(C)=C(C(=O)SCC)C1C#Cc1ccccc1. The molecule has 0 aliphatic carbocycles. The number of thioether (sulfide) groups is 1. The molecule has 2 aromatic carbocycles. The number of ether oxygens (including phenoxy) is 1. The fraction of sp³-hybridized carbons (Fsp3) is 0.231. The van der Waals surface area contributed by atoms with Crippen molar-refractivity contribution >= 4 is 28.5 Å². The van der Waals surface area contributed by atoms with Crippen molar-refractivity contribution in [3.05, 3.63) is 88.6 Å². The van der Waals surface area contributed by atoms with Crippen molar-refractivity contribution in [3.63, 3.8) is 0 Å². The Morgan fingerprint density at radius 2 is 1.65 bits per heavy atom. The van der Waals surface area contributed by atoms with Crippen LogP contribution in [0.4, 0.5) is 0 Å². The lowest BCUT2D eigenvalue weighted by Gasteiger charge is -2.29. The van der Waals surface area contributed by atoms with Crippen molar-refractivity contribution in [1.82, 2.24) is 5.32 Å². The van der Waals surface area contributed by atoms with Gasteiger partial charge in [-0.05, 0) is 37.3 Å². The average Bonchev–Trinajstić information content (AvgIpc) is 2.78. The Hall–Kier alpha value is -3.23. The van der Waals surface area contributed by atoms with Crippen LogP contribution >= 0.6 is 11.8 Å². The van der Waals surface area contributed by atoms with Gasteiger partial charge in [0.15, 0.2) is 0 Å². The van der Waals surface area contributed by atoms with Gasteiger partial charge in [0.05, 0.1) is 23.8 Å². The maximum atomic E-state index is 13.1. The van der Waals surface area contributed by atoms with E-state index in [1.165, 1.54) is 11.8 Å². The van der Waals surface area contributed by atoms with E-state index in [1.54, 1.807) is 6.92 Å². The summed E-state index contributed by atoms with van der Waals surface area (Å²) in [6.45, 7) is 5.78. The summed E-state index contributed by atoms with van der Waals surface area (Å²) in [5.41, 5.74) is 3.84. The maximum absolute atomic E-state index is 13.1. The number of benzene rings is 2. The molecule has 0 radical (unpaired) electrons. The second-order valence-corrected chi connectivity index (χ2v) is 8.06. The highest BCUT2D eigenvalue weighted by Crippen LogP contribution is 2.36. The molecule has 1 unspecified atom stereocenters. The molecule has 0 saturated carbocycles. The summed E-state index contributed by atoms with van der Waals surface area (Å²) in [5, 5.41) is 3.21. The van der Waals surface area contributed by atoms with Crippen molar-refractivity contribution < 1.29 is 14.3 Å². The van der Waals surface area contributed by atoms with Crippen LogP contribution in [0.5, 0.6) is 0 Å². The van der Waals surface area contributed by atoms with E-state index in [9.17, 15) is 9.59 Å². The summed E-state index contributed by atoms with van der Waals surface area (Å²) in [7, 11) is 0. The molecule has 2 aromatic rings. The highest BCUT2D eigenvalue weighted by molar-refractivity contribution is 8.14. The van der Waals surface area contributed by atoms with Crippen LogP contribution < -0.4 is 5.32 Å². The largest absolute Gasteiger partial charge is 0.463 e. The van der Waals surface area contributed by atoms with Gasteiger partial charge < -0.3 is 10.1 Å². The van der Waals surface area contributed by atoms with Gasteiger partial charge >= 0.3 is 5.97 Å². The second kappa shape index (κ2) is 10.7. The number of carbonyl (C=O) groups is 2. The van der Waals surface area contributed by atoms with Crippen molar-refractivity contribution in [1.29, 1.82) is 0 Å². The lowest BCUT2D eigenvalue weighted by molar-refractivity contribution is -0.138. The van der Waals surface area contributed by atoms with E-state index in [0.717, 1.165) is 11.1 Å². The molecule has 3 rings (SSSR count). The van der Waals surface area contributed by atoms with Gasteiger partial charge in [0.2, 0.25) is 5.12 Å². The third-order valence-electron chi connectivity index (χ3n) is 4.75. The highest BCUT2D eigenvalue weighted by atomic mass is 32.2. The maximum Gasteiger partial charge on any atom is 0.337 e. The second-order valence-electron chi connectivity index (χ2n) is 6.83. The molecule has 0 aromatic heterocycles. The minimum atomic E-state index is -0.692. The predicted molar refractivity (Wildman–Crippen MR) is 126 cm³/mol. The van der Waals surface area contributed by atoms with E-state index in [-0.39, 0.29) is 11.7 Å². The third-order valence-corrected chi connectivity index (χ3v) is 5.52. The number of hydrogen-bond donors (Lipinski definition) is 1. The van der Waals surface area contributed by atoms with Crippen LogP contribution in [-0.2, 0) is 14.3 Å². The lowest BCUT2D eigenvalue weighted by atomic mass is 9.84. The Bertz CT molecular complexity index is 1080. The van der Waals surface area contributed by atoms with Crippen molar-refractivity contribution in [2.24, 2.45) is 5.92 Å². The van der Waals surface area contributed by atoms with E-state index in [1.807, 2.05) is 74.5 Å². The zero-order valence-electron chi connectivity index (χ0n) is 17.9. The molecule has 1 atom stereocenters. The van der Waals surface area contributed by atoms with Crippen molar-refractivity contribution in [2.75, 3.05) is 12.4 Å². The molecule has 0 spiro atoms. The molecule has 1 heterocycles. The Balaban J connectivity index is 2.21. The Morgan fingerprint density at radius 1 is 1.00 bits per heavy atom. The minimum absolute atomic E-state index is 0.0891. The highest BCUT2D eigenvalue weighted by Gasteiger charge is 2.36. The number of allylic oxidation sites excluding steroid dienone is 1. The summed E-state index contributed by atoms with van der Waals surface area (Å²) in [6.07, 6.45) is 0. The number of carbonyl (C=O) groups excluding carboxylic acids is 2. The van der Waals surface area contributed by atoms with Gasteiger partial charge in [0.25, 0.3) is 0 Å².